The fraction of sp³-hybridized carbons (Fsp3) is 0.480. The second-order valence-corrected chi connectivity index (χ2v) is 9.84. The van der Waals surface area contributed by atoms with Gasteiger partial charge in [-0.2, -0.15) is 0 Å². The first-order chi connectivity index (χ1) is 15.7. The first-order valence-corrected chi connectivity index (χ1v) is 11.4. The van der Waals surface area contributed by atoms with E-state index < -0.39 is 5.60 Å². The fourth-order valence-electron chi connectivity index (χ4n) is 4.52. The monoisotopic (exact) mass is 454 g/mol. The average molecular weight is 455 g/mol. The number of aromatic nitrogens is 1. The number of pyridine rings is 1. The second kappa shape index (κ2) is 9.37. The van der Waals surface area contributed by atoms with Crippen molar-refractivity contribution in [2.45, 2.75) is 32.8 Å². The van der Waals surface area contributed by atoms with Crippen LogP contribution in [0, 0.1) is 17.7 Å². The van der Waals surface area contributed by atoms with Crippen LogP contribution in [0.5, 0.6) is 0 Å². The van der Waals surface area contributed by atoms with Crippen LogP contribution in [0.25, 0.3) is 0 Å². The Morgan fingerprint density at radius 2 is 1.82 bits per heavy atom. The summed E-state index contributed by atoms with van der Waals surface area (Å²) in [7, 11) is 0. The molecular formula is C25H31FN4O3. The summed E-state index contributed by atoms with van der Waals surface area (Å²) in [5.74, 6) is 0.253. The number of benzene rings is 1. The summed E-state index contributed by atoms with van der Waals surface area (Å²) in [5, 5.41) is 2.85. The molecule has 0 bridgehead atoms. The third-order valence-corrected chi connectivity index (χ3v) is 6.13. The van der Waals surface area contributed by atoms with Crippen molar-refractivity contribution in [1.82, 2.24) is 15.2 Å². The molecule has 2 aromatic rings. The molecule has 0 saturated carbocycles. The largest absolute Gasteiger partial charge is 0.444 e. The molecule has 4 rings (SSSR count). The van der Waals surface area contributed by atoms with Gasteiger partial charge in [-0.05, 0) is 44.9 Å². The zero-order valence-corrected chi connectivity index (χ0v) is 19.4. The van der Waals surface area contributed by atoms with E-state index >= 15 is 0 Å². The minimum absolute atomic E-state index is 0.226. The Kier molecular flexibility index (Phi) is 6.54. The molecule has 2 amide bonds. The van der Waals surface area contributed by atoms with Gasteiger partial charge in [-0.3, -0.25) is 9.78 Å². The van der Waals surface area contributed by atoms with E-state index in [1.54, 1.807) is 35.5 Å². The Labute approximate surface area is 193 Å². The summed E-state index contributed by atoms with van der Waals surface area (Å²) in [4.78, 5) is 33.3. The highest BCUT2D eigenvalue weighted by Crippen LogP contribution is 2.34. The van der Waals surface area contributed by atoms with Crippen LogP contribution in [0.2, 0.25) is 0 Å². The van der Waals surface area contributed by atoms with Gasteiger partial charge >= 0.3 is 6.09 Å². The predicted molar refractivity (Wildman–Crippen MR) is 124 cm³/mol. The van der Waals surface area contributed by atoms with Crippen molar-refractivity contribution in [2.75, 3.05) is 37.6 Å². The number of anilines is 1. The first kappa shape index (κ1) is 23.0. The van der Waals surface area contributed by atoms with Crippen molar-refractivity contribution >= 4 is 17.7 Å². The van der Waals surface area contributed by atoms with E-state index in [9.17, 15) is 14.0 Å². The Hall–Kier alpha value is -3.16. The van der Waals surface area contributed by atoms with Gasteiger partial charge in [0.2, 0.25) is 0 Å². The Bertz CT molecular complexity index is 1010. The fourth-order valence-corrected chi connectivity index (χ4v) is 4.52. The number of carbonyl (C=O) groups is 2. The molecule has 2 fully saturated rings. The van der Waals surface area contributed by atoms with Crippen molar-refractivity contribution < 1.29 is 18.7 Å². The lowest BCUT2D eigenvalue weighted by Crippen LogP contribution is -2.37. The van der Waals surface area contributed by atoms with E-state index in [-0.39, 0.29) is 17.8 Å². The summed E-state index contributed by atoms with van der Waals surface area (Å²) >= 11 is 0. The molecule has 7 nitrogen and oxygen atoms in total. The van der Waals surface area contributed by atoms with Gasteiger partial charge in [-0.25, -0.2) is 9.18 Å². The standard InChI is InChI=1S/C25H31FN4O3/c1-25(2,3)33-24(32)30-15-19-13-29(14-20(19)16-30)21-10-18(11-27-12-21)23(31)28-9-8-17-6-4-5-7-22(17)26/h4-7,10-12,19-20H,8-9,13-16H2,1-3H3,(H,28,31)/t19-,20+. The number of carbonyl (C=O) groups excluding carboxylic acids is 2. The Morgan fingerprint density at radius 3 is 2.48 bits per heavy atom. The maximum Gasteiger partial charge on any atom is 0.410 e. The molecule has 8 heteroatoms. The number of hydrogen-bond donors (Lipinski definition) is 1. The maximum atomic E-state index is 13.7. The van der Waals surface area contributed by atoms with Crippen LogP contribution >= 0.6 is 0 Å². The quantitative estimate of drug-likeness (QED) is 0.749. The zero-order chi connectivity index (χ0) is 23.6. The van der Waals surface area contributed by atoms with Gasteiger partial charge in [0, 0.05) is 50.8 Å². The molecule has 1 aromatic heterocycles. The summed E-state index contributed by atoms with van der Waals surface area (Å²) in [6.07, 6.45) is 3.49. The molecule has 3 heterocycles. The number of halogens is 1. The Morgan fingerprint density at radius 1 is 1.12 bits per heavy atom. The third kappa shape index (κ3) is 5.61. The van der Waals surface area contributed by atoms with Crippen molar-refractivity contribution in [3.63, 3.8) is 0 Å². The number of nitrogens with zero attached hydrogens (tertiary/aromatic N) is 3. The van der Waals surface area contributed by atoms with Crippen LogP contribution in [-0.2, 0) is 11.2 Å². The summed E-state index contributed by atoms with van der Waals surface area (Å²) < 4.78 is 19.2. The minimum Gasteiger partial charge on any atom is -0.444 e. The molecule has 2 aliphatic heterocycles. The molecule has 0 radical (unpaired) electrons. The first-order valence-electron chi connectivity index (χ1n) is 11.4. The minimum atomic E-state index is -0.497. The molecule has 0 aliphatic carbocycles. The van der Waals surface area contributed by atoms with Crippen LogP contribution in [0.4, 0.5) is 14.9 Å². The summed E-state index contributed by atoms with van der Waals surface area (Å²) in [5.41, 5.74) is 1.46. The second-order valence-electron chi connectivity index (χ2n) is 9.84. The molecule has 0 spiro atoms. The van der Waals surface area contributed by atoms with E-state index in [1.165, 1.54) is 6.07 Å². The molecular weight excluding hydrogens is 423 g/mol. The number of amides is 2. The topological polar surface area (TPSA) is 74.8 Å². The third-order valence-electron chi connectivity index (χ3n) is 6.13. The van der Waals surface area contributed by atoms with E-state index in [2.05, 4.69) is 15.2 Å². The number of fused-ring (bicyclic) bond motifs is 1. The maximum absolute atomic E-state index is 13.7. The van der Waals surface area contributed by atoms with Crippen molar-refractivity contribution in [3.8, 4) is 0 Å². The van der Waals surface area contributed by atoms with Gasteiger partial charge in [-0.15, -0.1) is 0 Å². The van der Waals surface area contributed by atoms with E-state index in [0.29, 0.717) is 49.0 Å². The van der Waals surface area contributed by atoms with Crippen LogP contribution in [0.3, 0.4) is 0 Å². The highest BCUT2D eigenvalue weighted by Gasteiger charge is 2.42. The highest BCUT2D eigenvalue weighted by molar-refractivity contribution is 5.94. The summed E-state index contributed by atoms with van der Waals surface area (Å²) in [6, 6.07) is 8.42. The number of ether oxygens (including phenoxy) is 1. The van der Waals surface area contributed by atoms with Crippen LogP contribution < -0.4 is 10.2 Å². The molecule has 33 heavy (non-hydrogen) atoms. The molecule has 2 atom stereocenters. The van der Waals surface area contributed by atoms with Gasteiger partial charge in [0.1, 0.15) is 11.4 Å². The Balaban J connectivity index is 1.30. The molecule has 0 unspecified atom stereocenters. The van der Waals surface area contributed by atoms with Gasteiger partial charge < -0.3 is 19.9 Å². The zero-order valence-electron chi connectivity index (χ0n) is 19.4. The van der Waals surface area contributed by atoms with Crippen LogP contribution in [0.15, 0.2) is 42.7 Å². The lowest BCUT2D eigenvalue weighted by atomic mass is 10.0. The van der Waals surface area contributed by atoms with Crippen LogP contribution in [0.1, 0.15) is 36.7 Å². The number of rotatable bonds is 5. The van der Waals surface area contributed by atoms with Gasteiger partial charge in [0.25, 0.3) is 5.91 Å². The lowest BCUT2D eigenvalue weighted by molar-refractivity contribution is 0.0282. The van der Waals surface area contributed by atoms with Crippen molar-refractivity contribution in [3.05, 3.63) is 59.7 Å². The smallest absolute Gasteiger partial charge is 0.410 e. The molecule has 176 valence electrons. The normalized spacial score (nSPS) is 20.0. The molecule has 1 N–H and O–H groups in total. The number of nitrogens with one attached hydrogen (secondary N) is 1. The highest BCUT2D eigenvalue weighted by atomic mass is 19.1. The van der Waals surface area contributed by atoms with Crippen molar-refractivity contribution in [1.29, 1.82) is 0 Å². The molecule has 2 aliphatic rings. The van der Waals surface area contributed by atoms with Crippen LogP contribution in [-0.4, -0.2) is 60.2 Å². The van der Waals surface area contributed by atoms with E-state index in [0.717, 1.165) is 18.8 Å². The molecule has 1 aromatic carbocycles. The average Bonchev–Trinajstić information content (AvgIpc) is 3.33. The van der Waals surface area contributed by atoms with Gasteiger partial charge in [0.15, 0.2) is 0 Å². The molecule has 2 saturated heterocycles. The van der Waals surface area contributed by atoms with Gasteiger partial charge in [0.05, 0.1) is 17.4 Å². The summed E-state index contributed by atoms with van der Waals surface area (Å²) in [6.45, 7) is 8.95. The van der Waals surface area contributed by atoms with E-state index in [1.807, 2.05) is 26.8 Å². The van der Waals surface area contributed by atoms with Crippen molar-refractivity contribution in [2.24, 2.45) is 11.8 Å². The number of hydrogen-bond acceptors (Lipinski definition) is 5. The van der Waals surface area contributed by atoms with Gasteiger partial charge in [-0.1, -0.05) is 18.2 Å². The number of likely N-dealkylation sites (tertiary alicyclic amines) is 1. The SMILES string of the molecule is CC(C)(C)OC(=O)N1C[C@@H]2CN(c3cncc(C(=O)NCCc4ccccc4F)c3)C[C@@H]2C1. The van der Waals surface area contributed by atoms with E-state index in [4.69, 9.17) is 4.74 Å². The predicted octanol–water partition coefficient (Wildman–Crippen LogP) is 3.50. The lowest BCUT2D eigenvalue weighted by Gasteiger charge is -2.26.